The van der Waals surface area contributed by atoms with Crippen molar-refractivity contribution in [1.29, 1.82) is 0 Å². The highest BCUT2D eigenvalue weighted by atomic mass is 16.5. The predicted octanol–water partition coefficient (Wildman–Crippen LogP) is 2.59. The Hall–Kier alpha value is -2.04. The minimum Gasteiger partial charge on any atom is -0.462 e. The third kappa shape index (κ3) is 3.40. The number of carbonyl (C=O) groups is 2. The van der Waals surface area contributed by atoms with E-state index in [2.05, 4.69) is 9.88 Å². The Labute approximate surface area is 131 Å². The number of hydrogen-bond donors (Lipinski definition) is 1. The van der Waals surface area contributed by atoms with E-state index in [4.69, 9.17) is 4.74 Å². The minimum atomic E-state index is -0.336. The van der Waals surface area contributed by atoms with Gasteiger partial charge in [-0.2, -0.15) is 0 Å². The highest BCUT2D eigenvalue weighted by molar-refractivity contribution is 5.98. The molecule has 1 aliphatic rings. The van der Waals surface area contributed by atoms with Gasteiger partial charge in [0.2, 0.25) is 5.91 Å². The number of rotatable bonds is 6. The molecule has 1 aromatic rings. The van der Waals surface area contributed by atoms with Crippen LogP contribution in [0.25, 0.3) is 6.08 Å². The van der Waals surface area contributed by atoms with Gasteiger partial charge in [-0.15, -0.1) is 0 Å². The maximum atomic E-state index is 12.2. The molecule has 0 bridgehead atoms. The van der Waals surface area contributed by atoms with Gasteiger partial charge in [-0.25, -0.2) is 4.79 Å². The Morgan fingerprint density at radius 2 is 1.95 bits per heavy atom. The van der Waals surface area contributed by atoms with Gasteiger partial charge in [0.05, 0.1) is 12.2 Å². The summed E-state index contributed by atoms with van der Waals surface area (Å²) >= 11 is 0. The molecule has 0 radical (unpaired) electrons. The van der Waals surface area contributed by atoms with E-state index in [1.54, 1.807) is 13.0 Å². The number of aromatic nitrogens is 1. The molecule has 5 nitrogen and oxygen atoms in total. The second-order valence-electron chi connectivity index (χ2n) is 5.54. The molecule has 1 aromatic heterocycles. The van der Waals surface area contributed by atoms with Crippen molar-refractivity contribution in [3.05, 3.63) is 28.6 Å². The first-order chi connectivity index (χ1) is 10.5. The minimum absolute atomic E-state index is 0.112. The highest BCUT2D eigenvalue weighted by Crippen LogP contribution is 2.25. The second-order valence-corrected chi connectivity index (χ2v) is 5.54. The van der Waals surface area contributed by atoms with E-state index < -0.39 is 0 Å². The normalized spacial score (nSPS) is 14.4. The lowest BCUT2D eigenvalue weighted by molar-refractivity contribution is -0.116. The molecule has 1 N–H and O–H groups in total. The van der Waals surface area contributed by atoms with Crippen molar-refractivity contribution in [3.63, 3.8) is 0 Å². The Morgan fingerprint density at radius 3 is 2.50 bits per heavy atom. The van der Waals surface area contributed by atoms with E-state index in [-0.39, 0.29) is 11.9 Å². The Morgan fingerprint density at radius 1 is 1.27 bits per heavy atom. The van der Waals surface area contributed by atoms with Crippen molar-refractivity contribution < 1.29 is 14.3 Å². The second kappa shape index (κ2) is 6.81. The van der Waals surface area contributed by atoms with Crippen LogP contribution in [0.1, 0.15) is 54.0 Å². The first kappa shape index (κ1) is 16.3. The van der Waals surface area contributed by atoms with Crippen LogP contribution < -0.4 is 5.32 Å². The number of carbonyl (C=O) groups excluding carboxylic acids is 2. The fourth-order valence-corrected chi connectivity index (χ4v) is 2.68. The lowest BCUT2D eigenvalue weighted by Crippen LogP contribution is -2.22. The number of nitrogens with zero attached hydrogens (tertiary/aromatic N) is 1. The molecule has 0 aromatic carbocycles. The zero-order valence-electron chi connectivity index (χ0n) is 13.7. The molecular weight excluding hydrogens is 280 g/mol. The van der Waals surface area contributed by atoms with Gasteiger partial charge in [-0.3, -0.25) is 4.79 Å². The summed E-state index contributed by atoms with van der Waals surface area (Å²) in [7, 11) is 0. The van der Waals surface area contributed by atoms with Gasteiger partial charge < -0.3 is 14.6 Å². The summed E-state index contributed by atoms with van der Waals surface area (Å²) in [6.45, 7) is 8.78. The zero-order chi connectivity index (χ0) is 16.3. The van der Waals surface area contributed by atoms with Crippen LogP contribution in [-0.4, -0.2) is 29.1 Å². The third-order valence-electron chi connectivity index (χ3n) is 3.95. The van der Waals surface area contributed by atoms with E-state index in [1.807, 2.05) is 20.8 Å². The summed E-state index contributed by atoms with van der Waals surface area (Å²) in [5, 5.41) is 2.90. The first-order valence-corrected chi connectivity index (χ1v) is 7.84. The number of amides is 1. The molecule has 120 valence electrons. The van der Waals surface area contributed by atoms with Crippen LogP contribution in [0.15, 0.2) is 6.08 Å². The summed E-state index contributed by atoms with van der Waals surface area (Å²) in [6.07, 6.45) is 5.33. The van der Waals surface area contributed by atoms with Crippen molar-refractivity contribution in [3.8, 4) is 0 Å². The van der Waals surface area contributed by atoms with E-state index in [0.29, 0.717) is 18.2 Å². The van der Waals surface area contributed by atoms with Gasteiger partial charge in [0.15, 0.2) is 0 Å². The molecule has 1 saturated carbocycles. The van der Waals surface area contributed by atoms with Gasteiger partial charge in [-0.1, -0.05) is 0 Å². The molecule has 2 rings (SSSR count). The van der Waals surface area contributed by atoms with Crippen LogP contribution in [0.5, 0.6) is 0 Å². The average molecular weight is 304 g/mol. The average Bonchev–Trinajstić information content (AvgIpc) is 3.23. The SMILES string of the molecule is CCOC(=O)c1c(/C=C/C(=O)NC2CC2)c(C)n(CC)c1C. The van der Waals surface area contributed by atoms with E-state index in [1.165, 1.54) is 6.08 Å². The molecule has 0 spiro atoms. The summed E-state index contributed by atoms with van der Waals surface area (Å²) in [4.78, 5) is 24.1. The molecule has 0 aliphatic heterocycles. The molecule has 0 saturated heterocycles. The third-order valence-corrected chi connectivity index (χ3v) is 3.95. The van der Waals surface area contributed by atoms with Crippen molar-refractivity contribution >= 4 is 18.0 Å². The van der Waals surface area contributed by atoms with Gasteiger partial charge in [-0.05, 0) is 46.6 Å². The van der Waals surface area contributed by atoms with Gasteiger partial charge in [0.25, 0.3) is 0 Å². The van der Waals surface area contributed by atoms with Crippen molar-refractivity contribution in [2.75, 3.05) is 6.61 Å². The van der Waals surface area contributed by atoms with Gasteiger partial charge in [0, 0.05) is 35.6 Å². The molecule has 1 fully saturated rings. The van der Waals surface area contributed by atoms with E-state index in [0.717, 1.165) is 36.3 Å². The van der Waals surface area contributed by atoms with E-state index in [9.17, 15) is 9.59 Å². The Kier molecular flexibility index (Phi) is 5.06. The van der Waals surface area contributed by atoms with Crippen molar-refractivity contribution in [2.24, 2.45) is 0 Å². The summed E-state index contributed by atoms with van der Waals surface area (Å²) in [5.41, 5.74) is 3.17. The molecule has 1 amide bonds. The molecular formula is C17H24N2O3. The first-order valence-electron chi connectivity index (χ1n) is 7.84. The molecule has 0 atom stereocenters. The highest BCUT2D eigenvalue weighted by Gasteiger charge is 2.24. The maximum Gasteiger partial charge on any atom is 0.340 e. The quantitative estimate of drug-likeness (QED) is 0.649. The standard InChI is InChI=1S/C17H24N2O3/c1-5-19-11(3)14(9-10-15(20)18-13-7-8-13)16(12(19)4)17(21)22-6-2/h9-10,13H,5-8H2,1-4H3,(H,18,20)/b10-9+. The van der Waals surface area contributed by atoms with Crippen LogP contribution in [0.2, 0.25) is 0 Å². The maximum absolute atomic E-state index is 12.2. The van der Waals surface area contributed by atoms with E-state index >= 15 is 0 Å². The topological polar surface area (TPSA) is 60.3 Å². The summed E-state index contributed by atoms with van der Waals surface area (Å²) in [6, 6.07) is 0.324. The van der Waals surface area contributed by atoms with Crippen molar-refractivity contribution in [1.82, 2.24) is 9.88 Å². The Bertz CT molecular complexity index is 610. The number of esters is 1. The largest absolute Gasteiger partial charge is 0.462 e. The predicted molar refractivity (Wildman–Crippen MR) is 85.7 cm³/mol. The number of hydrogen-bond acceptors (Lipinski definition) is 3. The lowest BCUT2D eigenvalue weighted by Gasteiger charge is -2.05. The van der Waals surface area contributed by atoms with Crippen LogP contribution in [0.3, 0.4) is 0 Å². The molecule has 5 heteroatoms. The fourth-order valence-electron chi connectivity index (χ4n) is 2.68. The number of ether oxygens (including phenoxy) is 1. The Balaban J connectivity index is 2.32. The van der Waals surface area contributed by atoms with Crippen LogP contribution in [0, 0.1) is 13.8 Å². The monoisotopic (exact) mass is 304 g/mol. The molecule has 22 heavy (non-hydrogen) atoms. The van der Waals surface area contributed by atoms with Crippen LogP contribution >= 0.6 is 0 Å². The molecule has 1 heterocycles. The fraction of sp³-hybridized carbons (Fsp3) is 0.529. The molecule has 1 aliphatic carbocycles. The van der Waals surface area contributed by atoms with Gasteiger partial charge >= 0.3 is 5.97 Å². The zero-order valence-corrected chi connectivity index (χ0v) is 13.7. The summed E-state index contributed by atoms with van der Waals surface area (Å²) in [5.74, 6) is -0.448. The van der Waals surface area contributed by atoms with Crippen LogP contribution in [-0.2, 0) is 16.1 Å². The lowest BCUT2D eigenvalue weighted by atomic mass is 10.1. The summed E-state index contributed by atoms with van der Waals surface area (Å²) < 4.78 is 7.22. The van der Waals surface area contributed by atoms with Crippen molar-refractivity contribution in [2.45, 2.75) is 53.1 Å². The smallest absolute Gasteiger partial charge is 0.340 e. The van der Waals surface area contributed by atoms with Gasteiger partial charge in [0.1, 0.15) is 0 Å². The van der Waals surface area contributed by atoms with Crippen LogP contribution in [0.4, 0.5) is 0 Å². The number of nitrogens with one attached hydrogen (secondary N) is 1. The molecule has 0 unspecified atom stereocenters.